The van der Waals surface area contributed by atoms with Gasteiger partial charge in [-0.1, -0.05) is 24.3 Å². The van der Waals surface area contributed by atoms with Crippen LogP contribution in [0.25, 0.3) is 0 Å². The highest BCUT2D eigenvalue weighted by atomic mass is 19.4. The van der Waals surface area contributed by atoms with Crippen molar-refractivity contribution in [2.75, 3.05) is 6.54 Å². The van der Waals surface area contributed by atoms with Gasteiger partial charge >= 0.3 is 12.3 Å². The van der Waals surface area contributed by atoms with Crippen LogP contribution in [0.4, 0.5) is 18.0 Å². The summed E-state index contributed by atoms with van der Waals surface area (Å²) in [7, 11) is 0. The first-order valence-corrected chi connectivity index (χ1v) is 9.25. The number of benzene rings is 1. The summed E-state index contributed by atoms with van der Waals surface area (Å²) in [5.74, 6) is 0. The maximum Gasteiger partial charge on any atom is 0.433 e. The van der Waals surface area contributed by atoms with E-state index in [9.17, 15) is 23.1 Å². The third kappa shape index (κ3) is 5.06. The molecule has 1 aliphatic rings. The minimum atomic E-state index is -4.53. The number of carbonyl (C=O) groups excluding carboxylic acids is 1. The highest BCUT2D eigenvalue weighted by Gasteiger charge is 2.32. The van der Waals surface area contributed by atoms with Crippen LogP contribution in [0.1, 0.15) is 54.8 Å². The van der Waals surface area contributed by atoms with Crippen molar-refractivity contribution >= 4 is 6.09 Å². The average molecular weight is 408 g/mol. The second kappa shape index (κ2) is 7.67. The Hall–Kier alpha value is -2.61. The van der Waals surface area contributed by atoms with Crippen LogP contribution in [0.5, 0.6) is 0 Å². The first kappa shape index (κ1) is 21.1. The van der Waals surface area contributed by atoms with E-state index in [0.717, 1.165) is 23.4 Å². The van der Waals surface area contributed by atoms with Crippen molar-refractivity contribution < 1.29 is 27.8 Å². The van der Waals surface area contributed by atoms with Gasteiger partial charge in [-0.3, -0.25) is 4.98 Å². The van der Waals surface area contributed by atoms with Gasteiger partial charge in [0.25, 0.3) is 0 Å². The zero-order valence-corrected chi connectivity index (χ0v) is 16.5. The lowest BCUT2D eigenvalue weighted by Gasteiger charge is -2.31. The molecule has 1 aromatic carbocycles. The van der Waals surface area contributed by atoms with Crippen LogP contribution in [0.2, 0.25) is 0 Å². The van der Waals surface area contributed by atoms with Gasteiger partial charge in [0, 0.05) is 24.8 Å². The molecule has 0 radical (unpaired) electrons. The van der Waals surface area contributed by atoms with Gasteiger partial charge in [0.1, 0.15) is 17.4 Å². The van der Waals surface area contributed by atoms with Gasteiger partial charge in [0.05, 0.1) is 0 Å². The lowest BCUT2D eigenvalue weighted by molar-refractivity contribution is -0.141. The lowest BCUT2D eigenvalue weighted by Crippen LogP contribution is -2.39. The molecular weight excluding hydrogens is 385 g/mol. The molecule has 1 amide bonds. The number of aliphatic hydroxyl groups excluding tert-OH is 1. The minimum Gasteiger partial charge on any atom is -0.444 e. The molecular formula is C21H23F3N2O3. The van der Waals surface area contributed by atoms with Gasteiger partial charge in [-0.05, 0) is 49.9 Å². The van der Waals surface area contributed by atoms with E-state index < -0.39 is 29.7 Å². The Morgan fingerprint density at radius 3 is 2.41 bits per heavy atom. The maximum absolute atomic E-state index is 12.7. The predicted octanol–water partition coefficient (Wildman–Crippen LogP) is 4.48. The Morgan fingerprint density at radius 2 is 1.83 bits per heavy atom. The number of aromatic nitrogens is 1. The molecule has 2 heterocycles. The largest absolute Gasteiger partial charge is 0.444 e. The molecule has 156 valence electrons. The summed E-state index contributed by atoms with van der Waals surface area (Å²) in [5, 5.41) is 10.6. The van der Waals surface area contributed by atoms with Crippen LogP contribution in [-0.2, 0) is 23.9 Å². The standard InChI is InChI=1S/C21H23F3N2O3/c1-20(2,3)29-19(28)26-9-8-13-4-5-14(10-16(13)12-26)18(27)15-6-7-17(25-11-15)21(22,23)24/h4-7,10-11,18,27H,8-9,12H2,1-3H3. The minimum absolute atomic E-state index is 0.262. The first-order chi connectivity index (χ1) is 13.4. The maximum atomic E-state index is 12.7. The Morgan fingerprint density at radius 1 is 1.14 bits per heavy atom. The third-order valence-electron chi connectivity index (χ3n) is 4.60. The van der Waals surface area contributed by atoms with E-state index in [2.05, 4.69) is 4.98 Å². The highest BCUT2D eigenvalue weighted by molar-refractivity contribution is 5.68. The normalized spacial score (nSPS) is 15.6. The van der Waals surface area contributed by atoms with E-state index in [1.165, 1.54) is 6.07 Å². The van der Waals surface area contributed by atoms with E-state index in [1.807, 2.05) is 6.07 Å². The van der Waals surface area contributed by atoms with Crippen LogP contribution < -0.4 is 0 Å². The summed E-state index contributed by atoms with van der Waals surface area (Å²) in [6.45, 7) is 6.28. The number of amides is 1. The molecule has 1 aliphatic heterocycles. The van der Waals surface area contributed by atoms with E-state index in [1.54, 1.807) is 37.8 Å². The molecule has 0 saturated carbocycles. The van der Waals surface area contributed by atoms with E-state index in [4.69, 9.17) is 4.74 Å². The molecule has 3 rings (SSSR count). The van der Waals surface area contributed by atoms with Crippen LogP contribution in [0, 0.1) is 0 Å². The fraction of sp³-hybridized carbons (Fsp3) is 0.429. The molecule has 1 unspecified atom stereocenters. The number of alkyl halides is 3. The molecule has 0 fully saturated rings. The van der Waals surface area contributed by atoms with Crippen LogP contribution >= 0.6 is 0 Å². The van der Waals surface area contributed by atoms with Gasteiger partial charge in [-0.15, -0.1) is 0 Å². The monoisotopic (exact) mass is 408 g/mol. The molecule has 2 aromatic rings. The first-order valence-electron chi connectivity index (χ1n) is 9.25. The topological polar surface area (TPSA) is 62.7 Å². The number of carbonyl (C=O) groups is 1. The molecule has 8 heteroatoms. The van der Waals surface area contributed by atoms with Crippen molar-refractivity contribution in [1.82, 2.24) is 9.88 Å². The summed E-state index contributed by atoms with van der Waals surface area (Å²) < 4.78 is 43.4. The van der Waals surface area contributed by atoms with Crippen LogP contribution in [0.15, 0.2) is 36.5 Å². The van der Waals surface area contributed by atoms with Crippen LogP contribution in [0.3, 0.4) is 0 Å². The third-order valence-corrected chi connectivity index (χ3v) is 4.60. The fourth-order valence-corrected chi connectivity index (χ4v) is 3.16. The number of hydrogen-bond acceptors (Lipinski definition) is 4. The number of hydrogen-bond donors (Lipinski definition) is 1. The van der Waals surface area contributed by atoms with Crippen molar-refractivity contribution in [3.05, 3.63) is 64.5 Å². The number of pyridine rings is 1. The quantitative estimate of drug-likeness (QED) is 0.796. The van der Waals surface area contributed by atoms with Gasteiger partial charge in [-0.25, -0.2) is 4.79 Å². The van der Waals surface area contributed by atoms with Gasteiger partial charge in [0.2, 0.25) is 0 Å². The van der Waals surface area contributed by atoms with Crippen molar-refractivity contribution in [1.29, 1.82) is 0 Å². The summed E-state index contributed by atoms with van der Waals surface area (Å²) in [5.41, 5.74) is 1.12. The number of rotatable bonds is 2. The van der Waals surface area contributed by atoms with Gasteiger partial charge in [0.15, 0.2) is 0 Å². The van der Waals surface area contributed by atoms with Crippen molar-refractivity contribution in [2.24, 2.45) is 0 Å². The predicted molar refractivity (Wildman–Crippen MR) is 100 cm³/mol. The van der Waals surface area contributed by atoms with Crippen molar-refractivity contribution in [3.63, 3.8) is 0 Å². The molecule has 5 nitrogen and oxygen atoms in total. The molecule has 1 atom stereocenters. The summed E-state index contributed by atoms with van der Waals surface area (Å²) >= 11 is 0. The number of halogens is 3. The molecule has 0 bridgehead atoms. The molecule has 0 spiro atoms. The highest BCUT2D eigenvalue weighted by Crippen LogP contribution is 2.30. The second-order valence-electron chi connectivity index (χ2n) is 8.06. The molecule has 29 heavy (non-hydrogen) atoms. The average Bonchev–Trinajstić information content (AvgIpc) is 2.64. The molecule has 1 N–H and O–H groups in total. The zero-order valence-electron chi connectivity index (χ0n) is 16.5. The second-order valence-corrected chi connectivity index (χ2v) is 8.06. The SMILES string of the molecule is CC(C)(C)OC(=O)N1CCc2ccc(C(O)c3ccc(C(F)(F)F)nc3)cc2C1. The molecule has 1 aromatic heterocycles. The number of aliphatic hydroxyl groups is 1. The Labute approximate surface area is 167 Å². The lowest BCUT2D eigenvalue weighted by atomic mass is 9.94. The van der Waals surface area contributed by atoms with Gasteiger partial charge < -0.3 is 14.7 Å². The van der Waals surface area contributed by atoms with E-state index in [0.29, 0.717) is 25.1 Å². The Balaban J connectivity index is 1.78. The molecule has 0 aliphatic carbocycles. The molecule has 0 saturated heterocycles. The van der Waals surface area contributed by atoms with Gasteiger partial charge in [-0.2, -0.15) is 13.2 Å². The summed E-state index contributed by atoms with van der Waals surface area (Å²) in [4.78, 5) is 17.3. The van der Waals surface area contributed by atoms with Crippen molar-refractivity contribution in [3.8, 4) is 0 Å². The number of nitrogens with zero attached hydrogens (tertiary/aromatic N) is 2. The van der Waals surface area contributed by atoms with Crippen LogP contribution in [-0.4, -0.2) is 33.2 Å². The summed E-state index contributed by atoms with van der Waals surface area (Å²) in [6, 6.07) is 7.45. The summed E-state index contributed by atoms with van der Waals surface area (Å²) in [6.07, 6.45) is -4.36. The smallest absolute Gasteiger partial charge is 0.433 e. The van der Waals surface area contributed by atoms with E-state index >= 15 is 0 Å². The zero-order chi connectivity index (χ0) is 21.4. The Kier molecular flexibility index (Phi) is 5.58. The Bertz CT molecular complexity index is 890. The number of fused-ring (bicyclic) bond motifs is 1. The fourth-order valence-electron chi connectivity index (χ4n) is 3.16. The van der Waals surface area contributed by atoms with E-state index in [-0.39, 0.29) is 5.56 Å². The number of ether oxygens (including phenoxy) is 1. The van der Waals surface area contributed by atoms with Crippen molar-refractivity contribution in [2.45, 2.75) is 51.6 Å².